The zero-order chi connectivity index (χ0) is 16.8. The standard InChI is InChI=1S/C17H11BrFN3O2/c1-24-14-5-3-2-4-13(14)22-17(23)11-8-20-16-10(15(11)21-22)6-9(18)7-12(16)19/h2-8,20H,1H3. The Bertz CT molecular complexity index is 1100. The van der Waals surface area contributed by atoms with Gasteiger partial charge in [0.1, 0.15) is 22.9 Å². The number of aromatic nitrogens is 3. The summed E-state index contributed by atoms with van der Waals surface area (Å²) in [6.07, 6.45) is 1.48. The van der Waals surface area contributed by atoms with Gasteiger partial charge < -0.3 is 9.72 Å². The summed E-state index contributed by atoms with van der Waals surface area (Å²) in [5.74, 6) is 0.114. The quantitative estimate of drug-likeness (QED) is 0.569. The molecule has 7 heteroatoms. The number of halogens is 2. The minimum atomic E-state index is -0.416. The van der Waals surface area contributed by atoms with E-state index in [1.807, 2.05) is 6.07 Å². The van der Waals surface area contributed by atoms with Gasteiger partial charge in [-0.05, 0) is 24.3 Å². The number of rotatable bonds is 2. The molecule has 0 saturated carbocycles. The van der Waals surface area contributed by atoms with E-state index < -0.39 is 5.82 Å². The summed E-state index contributed by atoms with van der Waals surface area (Å²) in [4.78, 5) is 15.6. The highest BCUT2D eigenvalue weighted by molar-refractivity contribution is 9.10. The SMILES string of the molecule is COc1ccccc1-n1nc2c3cc(Br)cc(F)c3[nH]cc-2c1=O. The average molecular weight is 388 g/mol. The molecule has 0 radical (unpaired) electrons. The normalized spacial score (nSPS) is 11.3. The van der Waals surface area contributed by atoms with Gasteiger partial charge in [-0.15, -0.1) is 0 Å². The molecule has 4 rings (SSSR count). The smallest absolute Gasteiger partial charge is 0.282 e. The van der Waals surface area contributed by atoms with E-state index in [4.69, 9.17) is 4.74 Å². The minimum Gasteiger partial charge on any atom is -0.494 e. The van der Waals surface area contributed by atoms with Crippen LogP contribution in [-0.2, 0) is 0 Å². The van der Waals surface area contributed by atoms with Crippen LogP contribution in [0.3, 0.4) is 0 Å². The number of nitrogens with zero attached hydrogens (tertiary/aromatic N) is 2. The molecule has 2 aliphatic heterocycles. The van der Waals surface area contributed by atoms with Crippen molar-refractivity contribution in [1.82, 2.24) is 14.8 Å². The Kier molecular flexibility index (Phi) is 3.38. The maximum atomic E-state index is 14.1. The van der Waals surface area contributed by atoms with E-state index >= 15 is 0 Å². The molecule has 24 heavy (non-hydrogen) atoms. The molecular weight excluding hydrogens is 377 g/mol. The number of nitrogens with one attached hydrogen (secondary N) is 1. The van der Waals surface area contributed by atoms with E-state index in [1.54, 1.807) is 24.3 Å². The zero-order valence-electron chi connectivity index (χ0n) is 12.5. The van der Waals surface area contributed by atoms with Gasteiger partial charge in [0.05, 0.1) is 18.2 Å². The molecule has 0 atom stereocenters. The molecular formula is C17H11BrFN3O2. The van der Waals surface area contributed by atoms with Gasteiger partial charge >= 0.3 is 0 Å². The Balaban J connectivity index is 2.10. The lowest BCUT2D eigenvalue weighted by Crippen LogP contribution is -2.15. The maximum Gasteiger partial charge on any atom is 0.282 e. The number of fused-ring (bicyclic) bond motifs is 3. The molecule has 0 amide bonds. The van der Waals surface area contributed by atoms with Crippen LogP contribution >= 0.6 is 15.9 Å². The molecule has 0 aromatic heterocycles. The fourth-order valence-corrected chi connectivity index (χ4v) is 3.19. The number of hydrogen-bond donors (Lipinski definition) is 1. The van der Waals surface area contributed by atoms with Crippen molar-refractivity contribution >= 4 is 26.8 Å². The highest BCUT2D eigenvalue weighted by Crippen LogP contribution is 2.31. The van der Waals surface area contributed by atoms with Gasteiger partial charge in [0.25, 0.3) is 5.56 Å². The minimum absolute atomic E-state index is 0.298. The molecule has 2 heterocycles. The summed E-state index contributed by atoms with van der Waals surface area (Å²) < 4.78 is 21.3. The molecule has 1 N–H and O–H groups in total. The Labute approximate surface area is 144 Å². The van der Waals surface area contributed by atoms with Gasteiger partial charge in [-0.3, -0.25) is 4.79 Å². The van der Waals surface area contributed by atoms with Crippen LogP contribution in [0.5, 0.6) is 5.75 Å². The predicted molar refractivity (Wildman–Crippen MR) is 92.5 cm³/mol. The van der Waals surface area contributed by atoms with Crippen molar-refractivity contribution in [3.05, 3.63) is 63.2 Å². The van der Waals surface area contributed by atoms with Crippen molar-refractivity contribution in [3.8, 4) is 22.7 Å². The Hall–Kier alpha value is -2.67. The number of para-hydroxylation sites is 2. The van der Waals surface area contributed by atoms with Crippen LogP contribution in [0, 0.1) is 5.82 Å². The maximum absolute atomic E-state index is 14.1. The van der Waals surface area contributed by atoms with Gasteiger partial charge in [-0.25, -0.2) is 4.39 Å². The summed E-state index contributed by atoms with van der Waals surface area (Å²) >= 11 is 3.28. The summed E-state index contributed by atoms with van der Waals surface area (Å²) in [5.41, 5.74) is 1.35. The number of pyridine rings is 1. The van der Waals surface area contributed by atoms with Crippen LogP contribution in [0.4, 0.5) is 4.39 Å². The van der Waals surface area contributed by atoms with Crippen LogP contribution in [0.1, 0.15) is 0 Å². The van der Waals surface area contributed by atoms with Crippen LogP contribution in [-0.4, -0.2) is 21.9 Å². The van der Waals surface area contributed by atoms with Crippen molar-refractivity contribution in [2.75, 3.05) is 7.11 Å². The van der Waals surface area contributed by atoms with E-state index in [2.05, 4.69) is 26.0 Å². The van der Waals surface area contributed by atoms with Crippen LogP contribution in [0.2, 0.25) is 0 Å². The number of benzene rings is 2. The van der Waals surface area contributed by atoms with Crippen LogP contribution in [0.15, 0.2) is 51.9 Å². The number of H-pyrrole nitrogens is 1. The first-order chi connectivity index (χ1) is 11.6. The molecule has 0 saturated heterocycles. The zero-order valence-corrected chi connectivity index (χ0v) is 14.1. The molecule has 0 unspecified atom stereocenters. The molecule has 2 aliphatic rings. The summed E-state index contributed by atoms with van der Waals surface area (Å²) in [5, 5.41) is 4.95. The van der Waals surface area contributed by atoms with Crippen molar-refractivity contribution < 1.29 is 9.13 Å². The number of methoxy groups -OCH3 is 1. The second-order valence-corrected chi connectivity index (χ2v) is 6.17. The van der Waals surface area contributed by atoms with Gasteiger partial charge in [0.15, 0.2) is 0 Å². The van der Waals surface area contributed by atoms with E-state index in [9.17, 15) is 9.18 Å². The third-order valence-corrected chi connectivity index (χ3v) is 4.32. The largest absolute Gasteiger partial charge is 0.494 e. The lowest BCUT2D eigenvalue weighted by Gasteiger charge is -2.06. The highest BCUT2D eigenvalue weighted by atomic mass is 79.9. The molecule has 2 aromatic rings. The van der Waals surface area contributed by atoms with Gasteiger partial charge in [-0.1, -0.05) is 28.1 Å². The monoisotopic (exact) mass is 387 g/mol. The Morgan fingerprint density at radius 2 is 2.08 bits per heavy atom. The van der Waals surface area contributed by atoms with Crippen molar-refractivity contribution in [2.24, 2.45) is 0 Å². The Morgan fingerprint density at radius 3 is 2.88 bits per heavy atom. The topological polar surface area (TPSA) is 59.9 Å². The first-order valence-electron chi connectivity index (χ1n) is 7.12. The molecule has 0 aliphatic carbocycles. The summed E-state index contributed by atoms with van der Waals surface area (Å²) in [6.45, 7) is 0. The van der Waals surface area contributed by atoms with Crippen molar-refractivity contribution in [2.45, 2.75) is 0 Å². The van der Waals surface area contributed by atoms with E-state index in [0.29, 0.717) is 38.1 Å². The number of ether oxygens (including phenoxy) is 1. The molecule has 0 spiro atoms. The predicted octanol–water partition coefficient (Wildman–Crippen LogP) is 3.73. The third kappa shape index (κ3) is 2.12. The van der Waals surface area contributed by atoms with Crippen LogP contribution < -0.4 is 10.3 Å². The molecule has 0 bridgehead atoms. The lowest BCUT2D eigenvalue weighted by molar-refractivity contribution is 0.411. The fraction of sp³-hybridized carbons (Fsp3) is 0.0588. The average Bonchev–Trinajstić information content (AvgIpc) is 2.92. The van der Waals surface area contributed by atoms with Crippen molar-refractivity contribution in [3.63, 3.8) is 0 Å². The molecule has 120 valence electrons. The van der Waals surface area contributed by atoms with Gasteiger partial charge in [0, 0.05) is 16.1 Å². The first kappa shape index (κ1) is 14.9. The van der Waals surface area contributed by atoms with E-state index in [1.165, 1.54) is 24.1 Å². The molecule has 2 aromatic carbocycles. The lowest BCUT2D eigenvalue weighted by atomic mass is 10.1. The third-order valence-electron chi connectivity index (χ3n) is 3.86. The van der Waals surface area contributed by atoms with Gasteiger partial charge in [-0.2, -0.15) is 9.78 Å². The summed E-state index contributed by atoms with van der Waals surface area (Å²) in [7, 11) is 1.53. The van der Waals surface area contributed by atoms with Crippen molar-refractivity contribution in [1.29, 1.82) is 0 Å². The molecule has 5 nitrogen and oxygen atoms in total. The van der Waals surface area contributed by atoms with E-state index in [-0.39, 0.29) is 5.56 Å². The van der Waals surface area contributed by atoms with Gasteiger partial charge in [0.2, 0.25) is 0 Å². The van der Waals surface area contributed by atoms with E-state index in [0.717, 1.165) is 0 Å². The number of aromatic amines is 1. The van der Waals surface area contributed by atoms with Crippen LogP contribution in [0.25, 0.3) is 27.8 Å². The number of hydrogen-bond acceptors (Lipinski definition) is 3. The first-order valence-corrected chi connectivity index (χ1v) is 7.92. The second kappa shape index (κ2) is 5.45. The second-order valence-electron chi connectivity index (χ2n) is 5.25. The Morgan fingerprint density at radius 1 is 1.29 bits per heavy atom. The molecule has 0 fully saturated rings. The fourth-order valence-electron chi connectivity index (χ4n) is 2.76. The highest BCUT2D eigenvalue weighted by Gasteiger charge is 2.21. The summed E-state index contributed by atoms with van der Waals surface area (Å²) in [6, 6.07) is 10.2.